The molecule has 2 rings (SSSR count). The number of hydrogen-bond donors (Lipinski definition) is 7. The average Bonchev–Trinajstić information content (AvgIpc) is 3.02. The molecule has 2 saturated heterocycles. The summed E-state index contributed by atoms with van der Waals surface area (Å²) in [5.41, 5.74) is 0. The standard InChI is InChI=1S/C31H56N8O13/c40-25(17-32-1-5-34(19-26(41)42)9-13-38(23-30(49)50)14-10-35(6-2-32)20-27(43)44)18-33-3-7-36(21-28(45)46)11-15-39(24-31(51)52)16-12-37(8-4-33)22-29(47)48/h25,40H,1-24H2,(H,41,42)(H,43,44)(H,45,46)(H,47,48)(H,49,50)(H,51,52). The van der Waals surface area contributed by atoms with E-state index in [2.05, 4.69) is 0 Å². The molecule has 2 aliphatic heterocycles. The average molecular weight is 749 g/mol. The number of β-amino-alcohol motifs (C(OH)–C–C–N with tert-alkyl or cyclic N) is 1. The lowest BCUT2D eigenvalue weighted by Crippen LogP contribution is -2.51. The summed E-state index contributed by atoms with van der Waals surface area (Å²) in [5.74, 6) is -6.29. The van der Waals surface area contributed by atoms with E-state index in [1.54, 1.807) is 29.4 Å². The van der Waals surface area contributed by atoms with Crippen LogP contribution in [0.25, 0.3) is 0 Å². The van der Waals surface area contributed by atoms with Crippen molar-refractivity contribution in [3.05, 3.63) is 0 Å². The molecule has 0 saturated carbocycles. The molecule has 0 radical (unpaired) electrons. The van der Waals surface area contributed by atoms with E-state index in [1.165, 1.54) is 0 Å². The monoisotopic (exact) mass is 748 g/mol. The van der Waals surface area contributed by atoms with Crippen LogP contribution in [-0.2, 0) is 28.8 Å². The topological polar surface area (TPSA) is 270 Å². The zero-order valence-corrected chi connectivity index (χ0v) is 29.7. The van der Waals surface area contributed by atoms with Gasteiger partial charge in [0.15, 0.2) is 0 Å². The van der Waals surface area contributed by atoms with Crippen LogP contribution in [0.2, 0.25) is 0 Å². The predicted molar refractivity (Wildman–Crippen MR) is 183 cm³/mol. The lowest BCUT2D eigenvalue weighted by Gasteiger charge is -2.35. The van der Waals surface area contributed by atoms with Crippen molar-refractivity contribution in [1.29, 1.82) is 0 Å². The summed E-state index contributed by atoms with van der Waals surface area (Å²) >= 11 is 0. The molecule has 7 N–H and O–H groups in total. The molecule has 0 amide bonds. The van der Waals surface area contributed by atoms with Crippen molar-refractivity contribution in [1.82, 2.24) is 39.2 Å². The van der Waals surface area contributed by atoms with E-state index in [1.807, 2.05) is 9.80 Å². The van der Waals surface area contributed by atoms with Crippen LogP contribution in [0.4, 0.5) is 0 Å². The van der Waals surface area contributed by atoms with Gasteiger partial charge in [0.25, 0.3) is 0 Å². The third-order valence-electron chi connectivity index (χ3n) is 8.95. The van der Waals surface area contributed by atoms with E-state index in [9.17, 15) is 64.5 Å². The van der Waals surface area contributed by atoms with E-state index in [-0.39, 0.29) is 131 Å². The SMILES string of the molecule is O=C(O)CN1CCN(CC(=O)O)CCN(CC(O)CN2CCN(CC(=O)O)CCN(CC(=O)O)CCN(CC(=O)O)CC2)CCN(CC(=O)O)CC1. The Balaban J connectivity index is 2.22. The largest absolute Gasteiger partial charge is 0.480 e. The molecule has 298 valence electrons. The molecule has 0 aromatic rings. The number of aliphatic carboxylic acids is 6. The quantitative estimate of drug-likeness (QED) is 0.0781. The number of rotatable bonds is 16. The van der Waals surface area contributed by atoms with Gasteiger partial charge in [-0.2, -0.15) is 0 Å². The highest BCUT2D eigenvalue weighted by atomic mass is 16.4. The smallest absolute Gasteiger partial charge is 0.317 e. The van der Waals surface area contributed by atoms with Crippen LogP contribution in [0.5, 0.6) is 0 Å². The number of carboxylic acids is 6. The van der Waals surface area contributed by atoms with Crippen molar-refractivity contribution in [3.63, 3.8) is 0 Å². The number of aliphatic hydroxyl groups is 1. The van der Waals surface area contributed by atoms with Gasteiger partial charge in [-0.3, -0.25) is 68.0 Å². The third kappa shape index (κ3) is 20.5. The summed E-state index contributed by atoms with van der Waals surface area (Å²) in [6.45, 7) is 3.18. The van der Waals surface area contributed by atoms with Gasteiger partial charge in [0.1, 0.15) is 0 Å². The Bertz CT molecular complexity index is 1020. The molecule has 0 spiro atoms. The molecule has 0 unspecified atom stereocenters. The van der Waals surface area contributed by atoms with Crippen LogP contribution >= 0.6 is 0 Å². The number of aliphatic hydroxyl groups excluding tert-OH is 1. The Morgan fingerprint density at radius 2 is 0.442 bits per heavy atom. The van der Waals surface area contributed by atoms with Gasteiger partial charge in [-0.25, -0.2) is 0 Å². The second-order valence-electron chi connectivity index (χ2n) is 13.3. The lowest BCUT2D eigenvalue weighted by atomic mass is 10.2. The molecule has 0 aromatic carbocycles. The normalized spacial score (nSPS) is 20.7. The van der Waals surface area contributed by atoms with Crippen LogP contribution in [0, 0.1) is 0 Å². The van der Waals surface area contributed by atoms with Crippen LogP contribution in [0.15, 0.2) is 0 Å². The fraction of sp³-hybridized carbons (Fsp3) is 0.806. The zero-order valence-electron chi connectivity index (χ0n) is 29.7. The first-order chi connectivity index (χ1) is 24.6. The Kier molecular flexibility index (Phi) is 20.5. The molecule has 52 heavy (non-hydrogen) atoms. The van der Waals surface area contributed by atoms with Gasteiger partial charge >= 0.3 is 35.8 Å². The minimum Gasteiger partial charge on any atom is -0.480 e. The van der Waals surface area contributed by atoms with Crippen LogP contribution < -0.4 is 0 Å². The van der Waals surface area contributed by atoms with Crippen molar-refractivity contribution in [2.24, 2.45) is 0 Å². The van der Waals surface area contributed by atoms with Gasteiger partial charge in [0.2, 0.25) is 0 Å². The summed E-state index contributed by atoms with van der Waals surface area (Å²) in [5, 5.41) is 68.1. The van der Waals surface area contributed by atoms with Crippen LogP contribution in [-0.4, -0.2) is 274 Å². The highest BCUT2D eigenvalue weighted by Gasteiger charge is 2.24. The molecular formula is C31H56N8O13. The summed E-state index contributed by atoms with van der Waals surface area (Å²) < 4.78 is 0. The zero-order chi connectivity index (χ0) is 38.6. The maximum atomic E-state index is 11.6. The number of hydrogen-bond acceptors (Lipinski definition) is 15. The molecule has 21 heteroatoms. The van der Waals surface area contributed by atoms with Gasteiger partial charge in [-0.15, -0.1) is 0 Å². The fourth-order valence-corrected chi connectivity index (χ4v) is 6.27. The summed E-state index contributed by atoms with van der Waals surface area (Å²) in [6, 6.07) is 0. The number of carbonyl (C=O) groups is 6. The van der Waals surface area contributed by atoms with E-state index >= 15 is 0 Å². The van der Waals surface area contributed by atoms with Crippen LogP contribution in [0.3, 0.4) is 0 Å². The van der Waals surface area contributed by atoms with Gasteiger partial charge in [-0.1, -0.05) is 0 Å². The van der Waals surface area contributed by atoms with Gasteiger partial charge in [0, 0.05) is 118 Å². The second kappa shape index (κ2) is 23.9. The minimum atomic E-state index is -1.05. The van der Waals surface area contributed by atoms with Crippen LogP contribution in [0.1, 0.15) is 0 Å². The number of carboxylic acid groups (broad SMARTS) is 6. The van der Waals surface area contributed by atoms with Crippen molar-refractivity contribution in [2.75, 3.05) is 157 Å². The van der Waals surface area contributed by atoms with Crippen molar-refractivity contribution in [3.8, 4) is 0 Å². The maximum absolute atomic E-state index is 11.6. The Morgan fingerprint density at radius 3 is 0.577 bits per heavy atom. The summed E-state index contributed by atoms with van der Waals surface area (Å²) in [4.78, 5) is 83.3. The molecule has 2 heterocycles. The lowest BCUT2D eigenvalue weighted by molar-refractivity contribution is -0.140. The van der Waals surface area contributed by atoms with E-state index < -0.39 is 41.9 Å². The maximum Gasteiger partial charge on any atom is 0.317 e. The molecule has 2 fully saturated rings. The molecule has 21 nitrogen and oxygen atoms in total. The number of nitrogens with zero attached hydrogens (tertiary/aromatic N) is 8. The highest BCUT2D eigenvalue weighted by Crippen LogP contribution is 2.06. The van der Waals surface area contributed by atoms with Gasteiger partial charge in [-0.05, 0) is 0 Å². The molecular weight excluding hydrogens is 692 g/mol. The van der Waals surface area contributed by atoms with E-state index in [0.29, 0.717) is 26.2 Å². The third-order valence-corrected chi connectivity index (χ3v) is 8.95. The van der Waals surface area contributed by atoms with Crippen molar-refractivity contribution < 1.29 is 64.5 Å². The minimum absolute atomic E-state index is 0.144. The summed E-state index contributed by atoms with van der Waals surface area (Å²) in [6.07, 6.45) is -0.945. The van der Waals surface area contributed by atoms with E-state index in [0.717, 1.165) is 0 Å². The molecule has 0 aromatic heterocycles. The van der Waals surface area contributed by atoms with Crippen molar-refractivity contribution >= 4 is 35.8 Å². The molecule has 0 aliphatic carbocycles. The summed E-state index contributed by atoms with van der Waals surface area (Å²) in [7, 11) is 0. The second-order valence-corrected chi connectivity index (χ2v) is 13.3. The van der Waals surface area contributed by atoms with Gasteiger partial charge in [0.05, 0.1) is 45.4 Å². The van der Waals surface area contributed by atoms with Crippen molar-refractivity contribution in [2.45, 2.75) is 6.10 Å². The van der Waals surface area contributed by atoms with Gasteiger partial charge < -0.3 is 35.7 Å². The highest BCUT2D eigenvalue weighted by molar-refractivity contribution is 5.70. The fourth-order valence-electron chi connectivity index (χ4n) is 6.27. The molecule has 0 bridgehead atoms. The first kappa shape index (κ1) is 44.6. The Hall–Kier alpha value is -3.54. The van der Waals surface area contributed by atoms with E-state index in [4.69, 9.17) is 0 Å². The molecule has 2 aliphatic rings. The Morgan fingerprint density at radius 1 is 0.308 bits per heavy atom. The molecule has 0 atom stereocenters. The first-order valence-electron chi connectivity index (χ1n) is 17.4. The first-order valence-corrected chi connectivity index (χ1v) is 17.4. The predicted octanol–water partition coefficient (Wildman–Crippen LogP) is -4.70. The Labute approximate surface area is 302 Å².